The van der Waals surface area contributed by atoms with Crippen molar-refractivity contribution in [2.24, 2.45) is 5.41 Å². The fraction of sp³-hybridized carbons (Fsp3) is 1.00. The minimum absolute atomic E-state index is 0.233. The zero-order chi connectivity index (χ0) is 11.2. The van der Waals surface area contributed by atoms with Crippen molar-refractivity contribution in [2.75, 3.05) is 13.7 Å². The van der Waals surface area contributed by atoms with Crippen molar-refractivity contribution in [2.45, 2.75) is 45.2 Å². The quantitative estimate of drug-likeness (QED) is 0.688. The topological polar surface area (TPSA) is 58.9 Å². The molecule has 1 saturated heterocycles. The summed E-state index contributed by atoms with van der Waals surface area (Å²) in [4.78, 5) is 0. The molecule has 0 bridgehead atoms. The molecule has 3 atom stereocenters. The van der Waals surface area contributed by atoms with Gasteiger partial charge >= 0.3 is 0 Å². The molecular formula is C10H20O4. The molecule has 0 saturated carbocycles. The van der Waals surface area contributed by atoms with Gasteiger partial charge in [-0.05, 0) is 13.8 Å². The first-order valence-electron chi connectivity index (χ1n) is 4.77. The maximum absolute atomic E-state index is 10.4. The number of aliphatic hydroxyl groups excluding tert-OH is 1. The van der Waals surface area contributed by atoms with E-state index in [1.807, 2.05) is 13.8 Å². The van der Waals surface area contributed by atoms with E-state index >= 15 is 0 Å². The van der Waals surface area contributed by atoms with Crippen molar-refractivity contribution in [3.8, 4) is 0 Å². The van der Waals surface area contributed by atoms with Crippen LogP contribution in [0.4, 0.5) is 0 Å². The largest absolute Gasteiger partial charge is 0.393 e. The summed E-state index contributed by atoms with van der Waals surface area (Å²) < 4.78 is 10.7. The van der Waals surface area contributed by atoms with E-state index in [0.717, 1.165) is 0 Å². The lowest BCUT2D eigenvalue weighted by Crippen LogP contribution is -2.55. The van der Waals surface area contributed by atoms with E-state index in [0.29, 0.717) is 0 Å². The van der Waals surface area contributed by atoms with Crippen LogP contribution < -0.4 is 0 Å². The van der Waals surface area contributed by atoms with Gasteiger partial charge in [0.25, 0.3) is 0 Å². The Hall–Kier alpha value is -0.160. The SMILES string of the molecule is CO[C@@H]1O[C@](C)(CO)[C@](C)(O)C1(C)C. The molecule has 0 spiro atoms. The molecule has 0 aromatic heterocycles. The summed E-state index contributed by atoms with van der Waals surface area (Å²) in [5.74, 6) is 0. The van der Waals surface area contributed by atoms with E-state index in [1.165, 1.54) is 7.11 Å². The van der Waals surface area contributed by atoms with Gasteiger partial charge in [0.15, 0.2) is 6.29 Å². The first-order chi connectivity index (χ1) is 6.23. The molecule has 2 N–H and O–H groups in total. The summed E-state index contributed by atoms with van der Waals surface area (Å²) in [7, 11) is 1.53. The first-order valence-corrected chi connectivity index (χ1v) is 4.77. The van der Waals surface area contributed by atoms with Crippen LogP contribution in [-0.4, -0.2) is 41.4 Å². The van der Waals surface area contributed by atoms with Gasteiger partial charge in [0.2, 0.25) is 0 Å². The highest BCUT2D eigenvalue weighted by Crippen LogP contribution is 2.51. The van der Waals surface area contributed by atoms with Gasteiger partial charge in [-0.15, -0.1) is 0 Å². The van der Waals surface area contributed by atoms with Gasteiger partial charge in [-0.25, -0.2) is 0 Å². The van der Waals surface area contributed by atoms with E-state index in [1.54, 1.807) is 13.8 Å². The molecule has 0 aromatic carbocycles. The van der Waals surface area contributed by atoms with Crippen molar-refractivity contribution in [3.05, 3.63) is 0 Å². The maximum atomic E-state index is 10.4. The second kappa shape index (κ2) is 3.17. The number of rotatable bonds is 2. The molecular weight excluding hydrogens is 184 g/mol. The van der Waals surface area contributed by atoms with Crippen molar-refractivity contribution in [1.82, 2.24) is 0 Å². The predicted octanol–water partition coefficient (Wildman–Crippen LogP) is 0.517. The zero-order valence-corrected chi connectivity index (χ0v) is 9.50. The third-order valence-electron chi connectivity index (χ3n) is 3.76. The van der Waals surface area contributed by atoms with Crippen molar-refractivity contribution in [1.29, 1.82) is 0 Å². The highest BCUT2D eigenvalue weighted by atomic mass is 16.7. The van der Waals surface area contributed by atoms with Crippen LogP contribution in [0.15, 0.2) is 0 Å². The Balaban J connectivity index is 3.11. The van der Waals surface area contributed by atoms with Gasteiger partial charge in [-0.1, -0.05) is 13.8 Å². The molecule has 0 amide bonds. The Morgan fingerprint density at radius 3 is 2.00 bits per heavy atom. The highest BCUT2D eigenvalue weighted by Gasteiger charge is 2.64. The molecule has 0 aliphatic carbocycles. The molecule has 1 heterocycles. The molecule has 1 aliphatic heterocycles. The lowest BCUT2D eigenvalue weighted by molar-refractivity contribution is -0.188. The summed E-state index contributed by atoms with van der Waals surface area (Å²) in [6.45, 7) is 6.85. The van der Waals surface area contributed by atoms with Crippen molar-refractivity contribution >= 4 is 0 Å². The highest BCUT2D eigenvalue weighted by molar-refractivity contribution is 5.10. The Kier molecular flexibility index (Phi) is 2.69. The molecule has 4 heteroatoms. The summed E-state index contributed by atoms with van der Waals surface area (Å²) in [5, 5.41) is 19.6. The van der Waals surface area contributed by atoms with Crippen molar-refractivity contribution in [3.63, 3.8) is 0 Å². The Labute approximate surface area is 84.8 Å². The van der Waals surface area contributed by atoms with E-state index in [9.17, 15) is 10.2 Å². The molecule has 0 radical (unpaired) electrons. The van der Waals surface area contributed by atoms with Gasteiger partial charge in [-0.3, -0.25) is 0 Å². The molecule has 1 fully saturated rings. The minimum atomic E-state index is -1.13. The van der Waals surface area contributed by atoms with Crippen LogP contribution in [0.5, 0.6) is 0 Å². The van der Waals surface area contributed by atoms with Crippen LogP contribution in [-0.2, 0) is 9.47 Å². The number of hydrogen-bond acceptors (Lipinski definition) is 4. The van der Waals surface area contributed by atoms with Crippen LogP contribution in [0.3, 0.4) is 0 Å². The number of ether oxygens (including phenoxy) is 2. The molecule has 0 unspecified atom stereocenters. The summed E-state index contributed by atoms with van der Waals surface area (Å²) in [6, 6.07) is 0. The van der Waals surface area contributed by atoms with E-state index in [-0.39, 0.29) is 6.61 Å². The lowest BCUT2D eigenvalue weighted by Gasteiger charge is -2.40. The van der Waals surface area contributed by atoms with Crippen LogP contribution >= 0.6 is 0 Å². The number of aliphatic hydroxyl groups is 2. The maximum Gasteiger partial charge on any atom is 0.166 e. The van der Waals surface area contributed by atoms with Crippen molar-refractivity contribution < 1.29 is 19.7 Å². The fourth-order valence-electron chi connectivity index (χ4n) is 1.94. The Morgan fingerprint density at radius 2 is 1.79 bits per heavy atom. The van der Waals surface area contributed by atoms with E-state index < -0.39 is 22.9 Å². The van der Waals surface area contributed by atoms with Gasteiger partial charge in [0.05, 0.1) is 6.61 Å². The van der Waals surface area contributed by atoms with E-state index in [4.69, 9.17) is 9.47 Å². The predicted molar refractivity (Wildman–Crippen MR) is 51.8 cm³/mol. The lowest BCUT2D eigenvalue weighted by atomic mass is 9.70. The third-order valence-corrected chi connectivity index (χ3v) is 3.76. The molecule has 84 valence electrons. The smallest absolute Gasteiger partial charge is 0.166 e. The van der Waals surface area contributed by atoms with Gasteiger partial charge in [0.1, 0.15) is 11.2 Å². The fourth-order valence-corrected chi connectivity index (χ4v) is 1.94. The van der Waals surface area contributed by atoms with Crippen LogP contribution in [0.25, 0.3) is 0 Å². The first kappa shape index (κ1) is 11.9. The molecule has 1 aliphatic rings. The normalized spacial score (nSPS) is 46.9. The Bertz CT molecular complexity index is 217. The average Bonchev–Trinajstić information content (AvgIpc) is 2.24. The number of methoxy groups -OCH3 is 1. The molecule has 0 aromatic rings. The van der Waals surface area contributed by atoms with Gasteiger partial charge < -0.3 is 19.7 Å². The standard InChI is InChI=1S/C10H20O4/c1-8(2)7(13-5)14-9(3,6-11)10(8,4)12/h7,11-12H,6H2,1-5H3/t7-,9-,10-/m1/s1. The van der Waals surface area contributed by atoms with Crippen LogP contribution in [0, 0.1) is 5.41 Å². The third kappa shape index (κ3) is 1.21. The Morgan fingerprint density at radius 1 is 1.29 bits per heavy atom. The minimum Gasteiger partial charge on any atom is -0.393 e. The van der Waals surface area contributed by atoms with Gasteiger partial charge in [-0.2, -0.15) is 0 Å². The second-order valence-corrected chi connectivity index (χ2v) is 4.87. The molecule has 14 heavy (non-hydrogen) atoms. The van der Waals surface area contributed by atoms with E-state index in [2.05, 4.69) is 0 Å². The second-order valence-electron chi connectivity index (χ2n) is 4.87. The average molecular weight is 204 g/mol. The monoisotopic (exact) mass is 204 g/mol. The summed E-state index contributed by atoms with van der Waals surface area (Å²) in [5.41, 5.74) is -2.66. The summed E-state index contributed by atoms with van der Waals surface area (Å²) in [6.07, 6.45) is -0.505. The van der Waals surface area contributed by atoms with Crippen LogP contribution in [0.2, 0.25) is 0 Å². The molecule has 4 nitrogen and oxygen atoms in total. The zero-order valence-electron chi connectivity index (χ0n) is 9.50. The summed E-state index contributed by atoms with van der Waals surface area (Å²) >= 11 is 0. The molecule has 1 rings (SSSR count). The van der Waals surface area contributed by atoms with Gasteiger partial charge in [0, 0.05) is 12.5 Å². The number of hydrogen-bond donors (Lipinski definition) is 2. The van der Waals surface area contributed by atoms with Crippen LogP contribution in [0.1, 0.15) is 27.7 Å².